The van der Waals surface area contributed by atoms with Crippen LogP contribution in [0.1, 0.15) is 25.8 Å². The number of amidine groups is 1. The fourth-order valence-electron chi connectivity index (χ4n) is 2.64. The normalized spacial score (nSPS) is 18.8. The van der Waals surface area contributed by atoms with Gasteiger partial charge in [-0.25, -0.2) is 8.42 Å². The van der Waals surface area contributed by atoms with Gasteiger partial charge in [0.25, 0.3) is 15.9 Å². The quantitative estimate of drug-likeness (QED) is 0.858. The maximum Gasteiger partial charge on any atom is 0.273 e. The van der Waals surface area contributed by atoms with Gasteiger partial charge in [0.15, 0.2) is 4.80 Å². The number of nitrogens with one attached hydrogen (secondary N) is 1. The zero-order valence-electron chi connectivity index (χ0n) is 14.7. The molecule has 0 saturated heterocycles. The standard InChI is InChI=1S/C17H20N4O3S2/c1-11(2)10-13(16(22)19-17-21(3)8-9-25-17)18-15-12-6-4-5-7-14(12)26(23,24)20-15/h4-9,11,13H,10H2,1-3H3,(H,18,20). The first-order valence-electron chi connectivity index (χ1n) is 8.16. The van der Waals surface area contributed by atoms with Gasteiger partial charge in [0.2, 0.25) is 0 Å². The number of carbonyl (C=O) groups is 1. The highest BCUT2D eigenvalue weighted by Gasteiger charge is 2.32. The van der Waals surface area contributed by atoms with E-state index in [0.29, 0.717) is 16.8 Å². The Morgan fingerprint density at radius 1 is 1.31 bits per heavy atom. The largest absolute Gasteiger partial charge is 0.327 e. The summed E-state index contributed by atoms with van der Waals surface area (Å²) in [7, 11) is -1.82. The fourth-order valence-corrected chi connectivity index (χ4v) is 4.62. The van der Waals surface area contributed by atoms with Crippen LogP contribution in [0.5, 0.6) is 0 Å². The monoisotopic (exact) mass is 392 g/mol. The molecule has 1 aromatic heterocycles. The molecule has 26 heavy (non-hydrogen) atoms. The van der Waals surface area contributed by atoms with Crippen LogP contribution in [0.3, 0.4) is 0 Å². The molecule has 1 amide bonds. The van der Waals surface area contributed by atoms with Gasteiger partial charge in [0, 0.05) is 24.2 Å². The van der Waals surface area contributed by atoms with Crippen molar-refractivity contribution in [2.24, 2.45) is 23.0 Å². The third kappa shape index (κ3) is 3.78. The van der Waals surface area contributed by atoms with Crippen molar-refractivity contribution < 1.29 is 13.2 Å². The van der Waals surface area contributed by atoms with Crippen LogP contribution in [0.25, 0.3) is 0 Å². The predicted octanol–water partition coefficient (Wildman–Crippen LogP) is 1.67. The number of rotatable bonds is 4. The molecule has 0 radical (unpaired) electrons. The summed E-state index contributed by atoms with van der Waals surface area (Å²) >= 11 is 1.36. The van der Waals surface area contributed by atoms with E-state index in [4.69, 9.17) is 0 Å². The summed E-state index contributed by atoms with van der Waals surface area (Å²) in [5.74, 6) is 0.0204. The van der Waals surface area contributed by atoms with Crippen LogP contribution in [-0.2, 0) is 21.9 Å². The lowest BCUT2D eigenvalue weighted by Crippen LogP contribution is -2.28. The molecule has 2 heterocycles. The number of hydrogen-bond donors (Lipinski definition) is 1. The average molecular weight is 393 g/mol. The highest BCUT2D eigenvalue weighted by molar-refractivity contribution is 7.90. The number of fused-ring (bicyclic) bond motifs is 1. The van der Waals surface area contributed by atoms with Crippen LogP contribution < -0.4 is 9.52 Å². The molecule has 9 heteroatoms. The Balaban J connectivity index is 2.01. The Hall–Kier alpha value is -2.26. The molecule has 0 saturated carbocycles. The number of thiazole rings is 1. The van der Waals surface area contributed by atoms with Crippen LogP contribution in [-0.4, -0.2) is 30.8 Å². The van der Waals surface area contributed by atoms with Crippen molar-refractivity contribution in [3.05, 3.63) is 46.2 Å². The summed E-state index contributed by atoms with van der Waals surface area (Å²) in [4.78, 5) is 22.1. The molecule has 0 bridgehead atoms. The molecule has 7 nitrogen and oxygen atoms in total. The van der Waals surface area contributed by atoms with Crippen LogP contribution in [0.4, 0.5) is 0 Å². The molecular weight excluding hydrogens is 372 g/mol. The van der Waals surface area contributed by atoms with E-state index in [1.165, 1.54) is 17.4 Å². The molecule has 3 rings (SSSR count). The number of hydrogen-bond acceptors (Lipinski definition) is 5. The second-order valence-corrected chi connectivity index (χ2v) is 9.00. The summed E-state index contributed by atoms with van der Waals surface area (Å²) in [6.07, 6.45) is 2.30. The molecule has 1 atom stereocenters. The van der Waals surface area contributed by atoms with Crippen molar-refractivity contribution in [2.75, 3.05) is 0 Å². The lowest BCUT2D eigenvalue weighted by molar-refractivity contribution is -0.119. The highest BCUT2D eigenvalue weighted by atomic mass is 32.2. The van der Waals surface area contributed by atoms with Gasteiger partial charge in [-0.1, -0.05) is 26.0 Å². The Morgan fingerprint density at radius 3 is 2.69 bits per heavy atom. The van der Waals surface area contributed by atoms with Gasteiger partial charge in [0.05, 0.1) is 4.90 Å². The zero-order chi connectivity index (χ0) is 18.9. The molecule has 0 fully saturated rings. The molecule has 1 aromatic carbocycles. The smallest absolute Gasteiger partial charge is 0.273 e. The number of aliphatic imine (C=N–C) groups is 1. The molecular formula is C17H20N4O3S2. The highest BCUT2D eigenvalue weighted by Crippen LogP contribution is 2.23. The SMILES string of the molecule is CC(C)CC(N=C1NS(=O)(=O)c2ccccc21)C(=O)N=c1sccn1C. The number of carbonyl (C=O) groups excluding carboxylic acids is 1. The van der Waals surface area contributed by atoms with E-state index in [2.05, 4.69) is 14.7 Å². The third-order valence-electron chi connectivity index (χ3n) is 3.89. The van der Waals surface area contributed by atoms with Crippen molar-refractivity contribution in [1.82, 2.24) is 9.29 Å². The van der Waals surface area contributed by atoms with Gasteiger partial charge in [0.1, 0.15) is 11.9 Å². The van der Waals surface area contributed by atoms with E-state index < -0.39 is 16.1 Å². The molecule has 1 unspecified atom stereocenters. The van der Waals surface area contributed by atoms with E-state index in [9.17, 15) is 13.2 Å². The van der Waals surface area contributed by atoms with Crippen molar-refractivity contribution in [2.45, 2.75) is 31.2 Å². The molecule has 0 aliphatic carbocycles. The van der Waals surface area contributed by atoms with Gasteiger partial charge in [-0.2, -0.15) is 4.99 Å². The molecule has 2 aromatic rings. The Labute approximate surface area is 156 Å². The number of sulfonamides is 1. The van der Waals surface area contributed by atoms with E-state index in [1.54, 1.807) is 22.8 Å². The van der Waals surface area contributed by atoms with Crippen molar-refractivity contribution in [3.8, 4) is 0 Å². The van der Waals surface area contributed by atoms with Gasteiger partial charge in [-0.15, -0.1) is 11.3 Å². The molecule has 1 aliphatic rings. The third-order valence-corrected chi connectivity index (χ3v) is 6.14. The van der Waals surface area contributed by atoms with E-state index in [0.717, 1.165) is 0 Å². The summed E-state index contributed by atoms with van der Waals surface area (Å²) in [5, 5.41) is 1.84. The van der Waals surface area contributed by atoms with Crippen LogP contribution >= 0.6 is 11.3 Å². The van der Waals surface area contributed by atoms with Crippen molar-refractivity contribution in [1.29, 1.82) is 0 Å². The van der Waals surface area contributed by atoms with Crippen LogP contribution in [0.2, 0.25) is 0 Å². The second kappa shape index (κ2) is 7.16. The van der Waals surface area contributed by atoms with Gasteiger partial charge < -0.3 is 4.57 Å². The Kier molecular flexibility index (Phi) is 5.10. The summed E-state index contributed by atoms with van der Waals surface area (Å²) < 4.78 is 28.7. The fraction of sp³-hybridized carbons (Fsp3) is 0.353. The maximum atomic E-state index is 12.7. The minimum absolute atomic E-state index is 0.177. The van der Waals surface area contributed by atoms with E-state index >= 15 is 0 Å². The summed E-state index contributed by atoms with van der Waals surface area (Å²) in [6.45, 7) is 3.97. The van der Waals surface area contributed by atoms with Gasteiger partial charge >= 0.3 is 0 Å². The minimum Gasteiger partial charge on any atom is -0.327 e. The zero-order valence-corrected chi connectivity index (χ0v) is 16.3. The molecule has 1 N–H and O–H groups in total. The van der Waals surface area contributed by atoms with Crippen molar-refractivity contribution >= 4 is 33.1 Å². The summed E-state index contributed by atoms with van der Waals surface area (Å²) in [6, 6.07) is 5.85. The Bertz CT molecular complexity index is 1030. The topological polar surface area (TPSA) is 92.9 Å². The van der Waals surface area contributed by atoms with Crippen LogP contribution in [0.15, 0.2) is 50.7 Å². The second-order valence-electron chi connectivity index (χ2n) is 6.47. The van der Waals surface area contributed by atoms with Gasteiger partial charge in [-0.05, 0) is 24.5 Å². The van der Waals surface area contributed by atoms with E-state index in [1.807, 2.05) is 32.5 Å². The van der Waals surface area contributed by atoms with Crippen LogP contribution in [0, 0.1) is 5.92 Å². The van der Waals surface area contributed by atoms with Crippen molar-refractivity contribution in [3.63, 3.8) is 0 Å². The summed E-state index contributed by atoms with van der Waals surface area (Å²) in [5.41, 5.74) is 0.482. The predicted molar refractivity (Wildman–Crippen MR) is 100 cm³/mol. The number of nitrogens with zero attached hydrogens (tertiary/aromatic N) is 3. The Morgan fingerprint density at radius 2 is 2.04 bits per heavy atom. The maximum absolute atomic E-state index is 12.7. The first-order valence-corrected chi connectivity index (χ1v) is 10.5. The first-order chi connectivity index (χ1) is 12.3. The average Bonchev–Trinajstić information content (AvgIpc) is 3.08. The number of aryl methyl sites for hydroxylation is 1. The molecule has 138 valence electrons. The lowest BCUT2D eigenvalue weighted by atomic mass is 10.0. The molecule has 1 aliphatic heterocycles. The first kappa shape index (κ1) is 18.5. The number of benzene rings is 1. The number of aromatic nitrogens is 1. The minimum atomic E-state index is -3.64. The molecule has 0 spiro atoms. The number of amides is 1. The van der Waals surface area contributed by atoms with Gasteiger partial charge in [-0.3, -0.25) is 14.5 Å². The lowest BCUT2D eigenvalue weighted by Gasteiger charge is -2.12. The van der Waals surface area contributed by atoms with E-state index in [-0.39, 0.29) is 22.6 Å².